The van der Waals surface area contributed by atoms with Crippen molar-refractivity contribution in [3.05, 3.63) is 11.7 Å². The predicted molar refractivity (Wildman–Crippen MR) is 78.0 cm³/mol. The van der Waals surface area contributed by atoms with E-state index in [4.69, 9.17) is 26.2 Å². The van der Waals surface area contributed by atoms with Crippen LogP contribution in [0.4, 0.5) is 4.79 Å². The van der Waals surface area contributed by atoms with Crippen molar-refractivity contribution < 1.29 is 24.3 Å². The van der Waals surface area contributed by atoms with Crippen molar-refractivity contribution in [2.45, 2.75) is 37.9 Å². The second kappa shape index (κ2) is 9.71. The monoisotopic (exact) mass is 330 g/mol. The molecule has 0 spiro atoms. The van der Waals surface area contributed by atoms with Crippen LogP contribution in [-0.2, 0) is 11.3 Å². The molecule has 1 rings (SSSR count). The Labute approximate surface area is 132 Å². The van der Waals surface area contributed by atoms with Crippen molar-refractivity contribution in [3.63, 3.8) is 0 Å². The van der Waals surface area contributed by atoms with E-state index in [0.29, 0.717) is 19.4 Å². The van der Waals surface area contributed by atoms with Gasteiger partial charge in [0, 0.05) is 0 Å². The number of nitrogens with two attached hydrogens (primary N) is 2. The Morgan fingerprint density at radius 3 is 2.70 bits per heavy atom. The normalized spacial score (nSPS) is 13.3. The van der Waals surface area contributed by atoms with Gasteiger partial charge >= 0.3 is 12.0 Å². The van der Waals surface area contributed by atoms with E-state index >= 15 is 0 Å². The van der Waals surface area contributed by atoms with E-state index in [1.807, 2.05) is 0 Å². The van der Waals surface area contributed by atoms with Gasteiger partial charge in [-0.1, -0.05) is 5.16 Å². The minimum absolute atomic E-state index is 0.0911. The number of unbranched alkanes of at least 4 members (excludes halogenated alkanes) is 1. The molecule has 23 heavy (non-hydrogen) atoms. The lowest BCUT2D eigenvalue weighted by molar-refractivity contribution is -0.139. The van der Waals surface area contributed by atoms with E-state index in [0.717, 1.165) is 0 Å². The first-order chi connectivity index (χ1) is 11.0. The van der Waals surface area contributed by atoms with Crippen LogP contribution < -0.4 is 22.1 Å². The summed E-state index contributed by atoms with van der Waals surface area (Å²) in [5, 5.41) is 26.2. The number of rotatable bonds is 10. The Balaban J connectivity index is 2.42. The number of amides is 2. The lowest BCUT2D eigenvalue weighted by Gasteiger charge is -2.14. The molecule has 1 aromatic heterocycles. The molecule has 11 nitrogen and oxygen atoms in total. The number of carboxylic acid groups (broad SMARTS) is 1. The Morgan fingerprint density at radius 1 is 1.35 bits per heavy atom. The maximum atomic E-state index is 11.7. The second-order valence-corrected chi connectivity index (χ2v) is 4.84. The Kier molecular flexibility index (Phi) is 7.94. The number of carboxylic acids is 1. The van der Waals surface area contributed by atoms with Crippen molar-refractivity contribution in [2.75, 3.05) is 13.2 Å². The summed E-state index contributed by atoms with van der Waals surface area (Å²) in [7, 11) is 0. The molecule has 1 heterocycles. The van der Waals surface area contributed by atoms with Crippen LogP contribution in [0.1, 0.15) is 37.0 Å². The third kappa shape index (κ3) is 6.59. The Bertz CT molecular complexity index is 508. The fourth-order valence-electron chi connectivity index (χ4n) is 1.69. The molecular weight excluding hydrogens is 308 g/mol. The lowest BCUT2D eigenvalue weighted by Crippen LogP contribution is -2.45. The molecule has 0 fully saturated rings. The molecule has 0 saturated carbocycles. The van der Waals surface area contributed by atoms with Gasteiger partial charge in [-0.2, -0.15) is 4.98 Å². The van der Waals surface area contributed by atoms with Gasteiger partial charge in [0.2, 0.25) is 5.89 Å². The van der Waals surface area contributed by atoms with Gasteiger partial charge in [-0.05, 0) is 25.8 Å². The number of aromatic nitrogens is 2. The zero-order chi connectivity index (χ0) is 17.2. The number of nitrogens with zero attached hydrogens (tertiary/aromatic N) is 2. The van der Waals surface area contributed by atoms with Crippen molar-refractivity contribution >= 4 is 12.0 Å². The van der Waals surface area contributed by atoms with Crippen LogP contribution in [0.15, 0.2) is 4.52 Å². The van der Waals surface area contributed by atoms with Gasteiger partial charge in [0.15, 0.2) is 5.82 Å². The van der Waals surface area contributed by atoms with E-state index in [-0.39, 0.29) is 31.3 Å². The largest absolute Gasteiger partial charge is 0.480 e. The summed E-state index contributed by atoms with van der Waals surface area (Å²) in [6.07, 6.45) is 1.57. The molecule has 130 valence electrons. The predicted octanol–water partition coefficient (Wildman–Crippen LogP) is -1.56. The number of nitrogens with one attached hydrogen (secondary N) is 2. The molecular formula is C12H22N6O5. The number of hydrogen-bond acceptors (Lipinski definition) is 8. The molecule has 0 radical (unpaired) electrons. The van der Waals surface area contributed by atoms with Crippen LogP contribution in [0.25, 0.3) is 0 Å². The number of hydrogen-bond donors (Lipinski definition) is 6. The maximum absolute atomic E-state index is 11.7. The molecule has 2 atom stereocenters. The quantitative estimate of drug-likeness (QED) is 0.275. The fourth-order valence-corrected chi connectivity index (χ4v) is 1.69. The first-order valence-electron chi connectivity index (χ1n) is 7.14. The molecule has 0 saturated heterocycles. The summed E-state index contributed by atoms with van der Waals surface area (Å²) in [5.74, 6) is -0.907. The van der Waals surface area contributed by atoms with Crippen LogP contribution in [0.2, 0.25) is 0 Å². The zero-order valence-corrected chi connectivity index (χ0v) is 12.6. The van der Waals surface area contributed by atoms with E-state index in [1.165, 1.54) is 0 Å². The van der Waals surface area contributed by atoms with Gasteiger partial charge < -0.3 is 36.8 Å². The van der Waals surface area contributed by atoms with Gasteiger partial charge in [-0.3, -0.25) is 0 Å². The molecule has 0 bridgehead atoms. The average molecular weight is 330 g/mol. The summed E-state index contributed by atoms with van der Waals surface area (Å²) in [5.41, 5.74) is 10.9. The Hall–Kier alpha value is -2.24. The SMILES string of the molecule is NCCCCC(NC(=O)NCc1nc(C(N)CO)no1)C(=O)O. The molecule has 8 N–H and O–H groups in total. The van der Waals surface area contributed by atoms with E-state index in [2.05, 4.69) is 20.8 Å². The summed E-state index contributed by atoms with van der Waals surface area (Å²) >= 11 is 0. The standard InChI is InChI=1S/C12H22N6O5/c13-4-2-1-3-8(11(20)21)16-12(22)15-5-9-17-10(18-23-9)7(14)6-19/h7-8,19H,1-6,13-14H2,(H,20,21)(H2,15,16,22). The van der Waals surface area contributed by atoms with Crippen LogP contribution in [0.5, 0.6) is 0 Å². The molecule has 11 heteroatoms. The summed E-state index contributed by atoms with van der Waals surface area (Å²) in [4.78, 5) is 26.7. The average Bonchev–Trinajstić information content (AvgIpc) is 3.00. The molecule has 1 aromatic rings. The number of carbonyl (C=O) groups excluding carboxylic acids is 1. The third-order valence-corrected chi connectivity index (χ3v) is 2.96. The molecule has 0 aliphatic carbocycles. The molecule has 0 aliphatic rings. The van der Waals surface area contributed by atoms with Gasteiger partial charge in [0.1, 0.15) is 6.04 Å². The van der Waals surface area contributed by atoms with E-state index in [1.54, 1.807) is 0 Å². The first kappa shape index (κ1) is 18.8. The molecule has 0 aromatic carbocycles. The molecule has 2 unspecified atom stereocenters. The number of urea groups is 1. The number of aliphatic hydroxyl groups is 1. The van der Waals surface area contributed by atoms with Gasteiger partial charge in [0.25, 0.3) is 0 Å². The molecule has 2 amide bonds. The van der Waals surface area contributed by atoms with Crippen LogP contribution in [0.3, 0.4) is 0 Å². The highest BCUT2D eigenvalue weighted by molar-refractivity contribution is 5.82. The zero-order valence-electron chi connectivity index (χ0n) is 12.6. The van der Waals surface area contributed by atoms with E-state index in [9.17, 15) is 9.59 Å². The smallest absolute Gasteiger partial charge is 0.326 e. The van der Waals surface area contributed by atoms with Crippen LogP contribution in [0, 0.1) is 0 Å². The van der Waals surface area contributed by atoms with Crippen LogP contribution >= 0.6 is 0 Å². The van der Waals surface area contributed by atoms with Crippen molar-refractivity contribution in [1.29, 1.82) is 0 Å². The Morgan fingerprint density at radius 2 is 2.09 bits per heavy atom. The number of carbonyl (C=O) groups is 2. The fraction of sp³-hybridized carbons (Fsp3) is 0.667. The van der Waals surface area contributed by atoms with Crippen LogP contribution in [-0.4, -0.2) is 51.5 Å². The number of aliphatic hydroxyl groups excluding tert-OH is 1. The van der Waals surface area contributed by atoms with Crippen molar-refractivity contribution in [2.24, 2.45) is 11.5 Å². The van der Waals surface area contributed by atoms with Gasteiger partial charge in [-0.15, -0.1) is 0 Å². The summed E-state index contributed by atoms with van der Waals surface area (Å²) < 4.78 is 4.84. The summed E-state index contributed by atoms with van der Waals surface area (Å²) in [6.45, 7) is 0.0378. The minimum atomic E-state index is -1.12. The van der Waals surface area contributed by atoms with Gasteiger partial charge in [-0.25, -0.2) is 9.59 Å². The maximum Gasteiger partial charge on any atom is 0.326 e. The van der Waals surface area contributed by atoms with Gasteiger partial charge in [0.05, 0.1) is 19.2 Å². The van der Waals surface area contributed by atoms with Crippen molar-refractivity contribution in [1.82, 2.24) is 20.8 Å². The minimum Gasteiger partial charge on any atom is -0.480 e. The highest BCUT2D eigenvalue weighted by Crippen LogP contribution is 2.05. The topological polar surface area (TPSA) is 190 Å². The highest BCUT2D eigenvalue weighted by atomic mass is 16.5. The van der Waals surface area contributed by atoms with Crippen molar-refractivity contribution in [3.8, 4) is 0 Å². The first-order valence-corrected chi connectivity index (χ1v) is 7.14. The number of aliphatic carboxylic acids is 1. The van der Waals surface area contributed by atoms with E-state index < -0.39 is 24.1 Å². The molecule has 0 aliphatic heterocycles. The second-order valence-electron chi connectivity index (χ2n) is 4.84. The third-order valence-electron chi connectivity index (χ3n) is 2.96. The summed E-state index contributed by atoms with van der Waals surface area (Å²) in [6, 6.07) is -2.43. The highest BCUT2D eigenvalue weighted by Gasteiger charge is 2.20. The lowest BCUT2D eigenvalue weighted by atomic mass is 10.1.